The quantitative estimate of drug-likeness (QED) is 0.771. The third kappa shape index (κ3) is 2.45. The van der Waals surface area contributed by atoms with E-state index in [1.807, 2.05) is 0 Å². The van der Waals surface area contributed by atoms with Gasteiger partial charge in [-0.3, -0.25) is 0 Å². The van der Waals surface area contributed by atoms with E-state index in [9.17, 15) is 14.6 Å². The Morgan fingerprint density at radius 1 is 1.40 bits per heavy atom. The predicted octanol–water partition coefficient (Wildman–Crippen LogP) is 0.717. The molecule has 1 fully saturated rings. The second kappa shape index (κ2) is 5.32. The molecule has 2 aromatic rings. The summed E-state index contributed by atoms with van der Waals surface area (Å²) >= 11 is 0. The maximum Gasteiger partial charge on any atom is 0.181 e. The van der Waals surface area contributed by atoms with Crippen molar-refractivity contribution in [1.82, 2.24) is 10.3 Å². The van der Waals surface area contributed by atoms with Crippen molar-refractivity contribution in [2.45, 2.75) is 24.7 Å². The molecule has 0 saturated carbocycles. The van der Waals surface area contributed by atoms with E-state index in [2.05, 4.69) is 10.3 Å². The van der Waals surface area contributed by atoms with Crippen molar-refractivity contribution in [3.63, 3.8) is 0 Å². The van der Waals surface area contributed by atoms with Gasteiger partial charge in [-0.25, -0.2) is 9.37 Å². The van der Waals surface area contributed by atoms with Crippen LogP contribution in [0.25, 0.3) is 11.3 Å². The van der Waals surface area contributed by atoms with E-state index < -0.39 is 12.2 Å². The molecule has 1 aliphatic rings. The predicted molar refractivity (Wildman–Crippen MR) is 69.4 cm³/mol. The van der Waals surface area contributed by atoms with Crippen LogP contribution in [0.2, 0.25) is 0 Å². The molecule has 5 nitrogen and oxygen atoms in total. The van der Waals surface area contributed by atoms with E-state index >= 15 is 0 Å². The van der Waals surface area contributed by atoms with Gasteiger partial charge in [-0.05, 0) is 18.1 Å². The highest BCUT2D eigenvalue weighted by atomic mass is 19.1. The van der Waals surface area contributed by atoms with Crippen LogP contribution in [0.4, 0.5) is 4.39 Å². The van der Waals surface area contributed by atoms with E-state index in [4.69, 9.17) is 4.42 Å². The molecular formula is C14H15FN2O3. The van der Waals surface area contributed by atoms with E-state index in [1.54, 1.807) is 12.1 Å². The van der Waals surface area contributed by atoms with Crippen molar-refractivity contribution < 1.29 is 19.0 Å². The molecule has 0 aliphatic carbocycles. The van der Waals surface area contributed by atoms with Crippen LogP contribution in [0.15, 0.2) is 35.2 Å². The standard InChI is InChI=1S/C14H15FN2O3/c15-10-3-9(13-6-16-7-20-13)2-1-8(10)4-11-14(19)12(18)5-17-11/h1-3,6-7,11-12,14,17-19H,4-5H2/t11-,12+,14+/m1/s1. The fourth-order valence-corrected chi connectivity index (χ4v) is 2.44. The average Bonchev–Trinajstić information content (AvgIpc) is 3.06. The number of halogens is 1. The Labute approximate surface area is 115 Å². The molecule has 0 radical (unpaired) electrons. The number of aliphatic hydroxyl groups excluding tert-OH is 2. The monoisotopic (exact) mass is 278 g/mol. The Balaban J connectivity index is 1.78. The van der Waals surface area contributed by atoms with E-state index in [0.717, 1.165) is 0 Å². The van der Waals surface area contributed by atoms with Crippen LogP contribution in [-0.4, -0.2) is 40.0 Å². The summed E-state index contributed by atoms with van der Waals surface area (Å²) in [5, 5.41) is 22.2. The Morgan fingerprint density at radius 3 is 2.85 bits per heavy atom. The van der Waals surface area contributed by atoms with Gasteiger partial charge in [0.25, 0.3) is 0 Å². The molecule has 0 unspecified atom stereocenters. The molecule has 1 aromatic heterocycles. The molecule has 6 heteroatoms. The van der Waals surface area contributed by atoms with Gasteiger partial charge in [0.2, 0.25) is 0 Å². The molecule has 3 atom stereocenters. The number of hydrogen-bond acceptors (Lipinski definition) is 5. The van der Waals surface area contributed by atoms with Crippen molar-refractivity contribution in [3.05, 3.63) is 42.2 Å². The van der Waals surface area contributed by atoms with Crippen LogP contribution in [0.5, 0.6) is 0 Å². The molecule has 20 heavy (non-hydrogen) atoms. The van der Waals surface area contributed by atoms with Gasteiger partial charge in [0.15, 0.2) is 12.2 Å². The minimum absolute atomic E-state index is 0.320. The molecule has 1 saturated heterocycles. The van der Waals surface area contributed by atoms with Gasteiger partial charge in [0, 0.05) is 18.2 Å². The zero-order valence-electron chi connectivity index (χ0n) is 10.7. The first-order chi connectivity index (χ1) is 9.65. The normalized spacial score (nSPS) is 26.1. The largest absolute Gasteiger partial charge is 0.444 e. The number of aliphatic hydroxyl groups is 2. The fraction of sp³-hybridized carbons (Fsp3) is 0.357. The molecule has 1 aliphatic heterocycles. The van der Waals surface area contributed by atoms with Crippen LogP contribution < -0.4 is 5.32 Å². The van der Waals surface area contributed by atoms with Gasteiger partial charge < -0.3 is 19.9 Å². The highest BCUT2D eigenvalue weighted by molar-refractivity contribution is 5.56. The Hall–Kier alpha value is -1.76. The van der Waals surface area contributed by atoms with Crippen LogP contribution in [-0.2, 0) is 6.42 Å². The lowest BCUT2D eigenvalue weighted by Crippen LogP contribution is -2.35. The van der Waals surface area contributed by atoms with Crippen LogP contribution in [0, 0.1) is 5.82 Å². The first-order valence-electron chi connectivity index (χ1n) is 6.42. The lowest BCUT2D eigenvalue weighted by Gasteiger charge is -2.16. The summed E-state index contributed by atoms with van der Waals surface area (Å²) in [6, 6.07) is 4.45. The summed E-state index contributed by atoms with van der Waals surface area (Å²) in [7, 11) is 0. The second-order valence-electron chi connectivity index (χ2n) is 4.95. The van der Waals surface area contributed by atoms with Gasteiger partial charge >= 0.3 is 0 Å². The maximum absolute atomic E-state index is 14.1. The van der Waals surface area contributed by atoms with Gasteiger partial charge in [0.05, 0.1) is 18.4 Å². The summed E-state index contributed by atoms with van der Waals surface area (Å²) in [4.78, 5) is 3.79. The average molecular weight is 278 g/mol. The van der Waals surface area contributed by atoms with Crippen molar-refractivity contribution in [1.29, 1.82) is 0 Å². The molecular weight excluding hydrogens is 263 g/mol. The van der Waals surface area contributed by atoms with Crippen LogP contribution in [0.1, 0.15) is 5.56 Å². The molecule has 3 rings (SSSR count). The third-order valence-electron chi connectivity index (χ3n) is 3.61. The first kappa shape index (κ1) is 13.2. The Bertz CT molecular complexity index is 588. The number of oxazole rings is 1. The molecule has 106 valence electrons. The molecule has 1 aromatic carbocycles. The minimum atomic E-state index is -0.872. The van der Waals surface area contributed by atoms with E-state index in [1.165, 1.54) is 18.7 Å². The molecule has 3 N–H and O–H groups in total. The molecule has 0 bridgehead atoms. The van der Waals surface area contributed by atoms with Crippen LogP contribution in [0.3, 0.4) is 0 Å². The SMILES string of the molecule is O[C@@H]1[C@@H](O)CN[C@@H]1Cc1ccc(-c2cnco2)cc1F. The third-order valence-corrected chi connectivity index (χ3v) is 3.61. The van der Waals surface area contributed by atoms with Crippen LogP contribution >= 0.6 is 0 Å². The van der Waals surface area contributed by atoms with Gasteiger partial charge in [0.1, 0.15) is 5.82 Å². The van der Waals surface area contributed by atoms with Gasteiger partial charge in [-0.15, -0.1) is 0 Å². The first-order valence-corrected chi connectivity index (χ1v) is 6.42. The Kier molecular flexibility index (Phi) is 3.52. The lowest BCUT2D eigenvalue weighted by atomic mass is 10.00. The topological polar surface area (TPSA) is 78.5 Å². The molecule has 2 heterocycles. The zero-order valence-corrected chi connectivity index (χ0v) is 10.7. The summed E-state index contributed by atoms with van der Waals surface area (Å²) in [6.45, 7) is 0.323. The second-order valence-corrected chi connectivity index (χ2v) is 4.95. The molecule has 0 amide bonds. The minimum Gasteiger partial charge on any atom is -0.444 e. The van der Waals surface area contributed by atoms with Crippen molar-refractivity contribution in [3.8, 4) is 11.3 Å². The number of rotatable bonds is 3. The van der Waals surface area contributed by atoms with Crippen molar-refractivity contribution in [2.24, 2.45) is 0 Å². The number of nitrogens with one attached hydrogen (secondary N) is 1. The van der Waals surface area contributed by atoms with E-state index in [-0.39, 0.29) is 11.9 Å². The summed E-state index contributed by atoms with van der Waals surface area (Å²) in [6.07, 6.45) is 1.47. The Morgan fingerprint density at radius 2 is 2.25 bits per heavy atom. The fourth-order valence-electron chi connectivity index (χ4n) is 2.44. The summed E-state index contributed by atoms with van der Waals surface area (Å²) in [5.74, 6) is 0.138. The number of β-amino-alcohol motifs (C(OH)–C–C–N with tert-alkyl or cyclic N) is 1. The van der Waals surface area contributed by atoms with Crippen molar-refractivity contribution in [2.75, 3.05) is 6.54 Å². The highest BCUT2D eigenvalue weighted by Gasteiger charge is 2.33. The number of benzene rings is 1. The van der Waals surface area contributed by atoms with Gasteiger partial charge in [-0.1, -0.05) is 12.1 Å². The zero-order chi connectivity index (χ0) is 14.1. The smallest absolute Gasteiger partial charge is 0.181 e. The number of nitrogens with zero attached hydrogens (tertiary/aromatic N) is 1. The van der Waals surface area contributed by atoms with Gasteiger partial charge in [-0.2, -0.15) is 0 Å². The highest BCUT2D eigenvalue weighted by Crippen LogP contribution is 2.23. The summed E-state index contributed by atoms with van der Waals surface area (Å²) in [5.41, 5.74) is 1.10. The number of aromatic nitrogens is 1. The summed E-state index contributed by atoms with van der Waals surface area (Å²) < 4.78 is 19.2. The maximum atomic E-state index is 14.1. The lowest BCUT2D eigenvalue weighted by molar-refractivity contribution is 0.0406. The number of hydrogen-bond donors (Lipinski definition) is 3. The van der Waals surface area contributed by atoms with Crippen molar-refractivity contribution >= 4 is 0 Å². The van der Waals surface area contributed by atoms with E-state index in [0.29, 0.717) is 29.9 Å². The molecule has 0 spiro atoms.